The lowest BCUT2D eigenvalue weighted by atomic mass is 10.2. The van der Waals surface area contributed by atoms with E-state index in [2.05, 4.69) is 19.1 Å². The summed E-state index contributed by atoms with van der Waals surface area (Å²) in [6.45, 7) is 6.20. The van der Waals surface area contributed by atoms with Crippen molar-refractivity contribution in [2.45, 2.75) is 46.5 Å². The summed E-state index contributed by atoms with van der Waals surface area (Å²) in [5, 5.41) is 0.540. The van der Waals surface area contributed by atoms with Crippen molar-refractivity contribution in [3.63, 3.8) is 0 Å². The fourth-order valence-electron chi connectivity index (χ4n) is 2.64. The molecule has 0 saturated heterocycles. The summed E-state index contributed by atoms with van der Waals surface area (Å²) in [4.78, 5) is 23.8. The normalized spacial score (nSPS) is 11.4. The topological polar surface area (TPSA) is 75.0 Å². The average molecular weight is 400 g/mol. The highest BCUT2D eigenvalue weighted by Crippen LogP contribution is 2.34. The molecule has 0 fully saturated rings. The van der Waals surface area contributed by atoms with Gasteiger partial charge >= 0.3 is 11.6 Å². The smallest absolute Gasteiger partial charge is 0.383 e. The van der Waals surface area contributed by atoms with Crippen LogP contribution in [0.4, 0.5) is 0 Å². The quantitative estimate of drug-likeness (QED) is 0.224. The molecule has 1 heterocycles. The van der Waals surface area contributed by atoms with Crippen molar-refractivity contribution >= 4 is 16.9 Å². The number of hydrogen-bond acceptors (Lipinski definition) is 6. The fourth-order valence-corrected chi connectivity index (χ4v) is 2.64. The molecule has 6 nitrogen and oxygen atoms in total. The Morgan fingerprint density at radius 1 is 0.966 bits per heavy atom. The van der Waals surface area contributed by atoms with Crippen molar-refractivity contribution in [1.29, 1.82) is 0 Å². The van der Waals surface area contributed by atoms with E-state index in [1.54, 1.807) is 18.2 Å². The van der Waals surface area contributed by atoms with Crippen molar-refractivity contribution < 1.29 is 23.4 Å². The summed E-state index contributed by atoms with van der Waals surface area (Å²) in [7, 11) is 0. The Kier molecular flexibility index (Phi) is 9.02. The molecule has 0 unspecified atom stereocenters. The number of allylic oxidation sites excluding steroid dienone is 2. The van der Waals surface area contributed by atoms with Crippen LogP contribution in [0.25, 0.3) is 11.0 Å². The van der Waals surface area contributed by atoms with Gasteiger partial charge in [0.25, 0.3) is 5.75 Å². The van der Waals surface area contributed by atoms with Crippen LogP contribution in [-0.2, 0) is 4.79 Å². The maximum absolute atomic E-state index is 12.4. The van der Waals surface area contributed by atoms with Crippen LogP contribution in [0.15, 0.2) is 51.7 Å². The number of fused-ring (bicyclic) bond motifs is 1. The number of hydrogen-bond donors (Lipinski definition) is 0. The van der Waals surface area contributed by atoms with Gasteiger partial charge in [0.1, 0.15) is 11.3 Å². The van der Waals surface area contributed by atoms with Gasteiger partial charge in [-0.25, -0.2) is 4.79 Å². The molecule has 2 rings (SSSR count). The third-order valence-electron chi connectivity index (χ3n) is 3.93. The largest absolute Gasteiger partial charge is 0.493 e. The van der Waals surface area contributed by atoms with E-state index in [1.807, 2.05) is 19.1 Å². The van der Waals surface area contributed by atoms with Gasteiger partial charge in [0, 0.05) is 13.0 Å². The van der Waals surface area contributed by atoms with Crippen LogP contribution >= 0.6 is 0 Å². The van der Waals surface area contributed by atoms with Gasteiger partial charge in [0.15, 0.2) is 5.75 Å². The molecule has 0 amide bonds. The minimum Gasteiger partial charge on any atom is -0.493 e. The van der Waals surface area contributed by atoms with E-state index in [0.29, 0.717) is 36.4 Å². The van der Waals surface area contributed by atoms with E-state index in [1.165, 1.54) is 6.92 Å². The van der Waals surface area contributed by atoms with E-state index in [-0.39, 0.29) is 11.5 Å². The first-order chi connectivity index (χ1) is 14.1. The predicted molar refractivity (Wildman–Crippen MR) is 113 cm³/mol. The van der Waals surface area contributed by atoms with Crippen molar-refractivity contribution in [2.24, 2.45) is 0 Å². The molecule has 2 aromatic rings. The van der Waals surface area contributed by atoms with Gasteiger partial charge in [-0.3, -0.25) is 4.79 Å². The van der Waals surface area contributed by atoms with E-state index in [4.69, 9.17) is 18.6 Å². The third kappa shape index (κ3) is 6.82. The highest BCUT2D eigenvalue weighted by atomic mass is 16.6. The molecule has 6 heteroatoms. The van der Waals surface area contributed by atoms with Crippen molar-refractivity contribution in [3.05, 3.63) is 52.9 Å². The van der Waals surface area contributed by atoms with Crippen LogP contribution < -0.4 is 19.8 Å². The lowest BCUT2D eigenvalue weighted by molar-refractivity contribution is -0.132. The molecule has 0 radical (unpaired) electrons. The molecule has 0 bridgehead atoms. The monoisotopic (exact) mass is 400 g/mol. The number of esters is 1. The Labute approximate surface area is 170 Å². The number of ether oxygens (including phenoxy) is 3. The molecule has 0 saturated carbocycles. The molecule has 0 atom stereocenters. The van der Waals surface area contributed by atoms with Crippen LogP contribution in [-0.4, -0.2) is 19.2 Å². The molecule has 1 aromatic carbocycles. The second-order valence-electron chi connectivity index (χ2n) is 6.33. The number of carbonyl (C=O) groups is 1. The van der Waals surface area contributed by atoms with Gasteiger partial charge in [-0.2, -0.15) is 0 Å². The lowest BCUT2D eigenvalue weighted by Gasteiger charge is -2.13. The summed E-state index contributed by atoms with van der Waals surface area (Å²) in [5.74, 6) is -0.0632. The standard InChI is InChI=1S/C23H28O6/c1-4-6-8-10-14-26-18-12-13-19-20(16-18)29-23(25)22(28-17(3)24)21(19)27-15-11-9-7-5-2/h6-9,12-13,16H,4-5,10-11,14-15H2,1-3H3. The summed E-state index contributed by atoms with van der Waals surface area (Å²) < 4.78 is 21.9. The SMILES string of the molecule is CCC=CCCOc1ccc2c(OCCC=CCC)c(OC(C)=O)c(=O)oc2c1. The minimum absolute atomic E-state index is 0.203. The van der Waals surface area contributed by atoms with Gasteiger partial charge in [-0.1, -0.05) is 38.2 Å². The minimum atomic E-state index is -0.769. The maximum Gasteiger partial charge on any atom is 0.383 e. The molecular weight excluding hydrogens is 372 g/mol. The Morgan fingerprint density at radius 2 is 1.62 bits per heavy atom. The first kappa shape index (κ1) is 22.3. The van der Waals surface area contributed by atoms with Crippen LogP contribution in [0.5, 0.6) is 17.2 Å². The molecule has 0 N–H and O–H groups in total. The fraction of sp³-hybridized carbons (Fsp3) is 0.391. The molecule has 0 aliphatic carbocycles. The Morgan fingerprint density at radius 3 is 2.24 bits per heavy atom. The Bertz CT molecular complexity index is 923. The number of rotatable bonds is 11. The van der Waals surface area contributed by atoms with Gasteiger partial charge in [-0.05, 0) is 37.8 Å². The van der Waals surface area contributed by atoms with E-state index >= 15 is 0 Å². The molecule has 0 spiro atoms. The summed E-state index contributed by atoms with van der Waals surface area (Å²) in [6, 6.07) is 5.15. The van der Waals surface area contributed by atoms with E-state index in [0.717, 1.165) is 19.3 Å². The molecular formula is C23H28O6. The molecule has 0 aliphatic rings. The van der Waals surface area contributed by atoms with Gasteiger partial charge in [0.05, 0.1) is 18.6 Å². The van der Waals surface area contributed by atoms with Crippen LogP contribution in [0.1, 0.15) is 46.5 Å². The first-order valence-corrected chi connectivity index (χ1v) is 9.91. The maximum atomic E-state index is 12.4. The van der Waals surface area contributed by atoms with Crippen molar-refractivity contribution in [2.75, 3.05) is 13.2 Å². The summed E-state index contributed by atoms with van der Waals surface area (Å²) >= 11 is 0. The van der Waals surface area contributed by atoms with Gasteiger partial charge in [-0.15, -0.1) is 0 Å². The zero-order chi connectivity index (χ0) is 21.1. The molecule has 29 heavy (non-hydrogen) atoms. The first-order valence-electron chi connectivity index (χ1n) is 9.91. The zero-order valence-corrected chi connectivity index (χ0v) is 17.2. The van der Waals surface area contributed by atoms with Crippen LogP contribution in [0.3, 0.4) is 0 Å². The molecule has 1 aromatic heterocycles. The Balaban J connectivity index is 2.29. The predicted octanol–water partition coefficient (Wildman–Crippen LogP) is 5.19. The van der Waals surface area contributed by atoms with Crippen LogP contribution in [0, 0.1) is 0 Å². The Hall–Kier alpha value is -3.02. The zero-order valence-electron chi connectivity index (χ0n) is 17.2. The second kappa shape index (κ2) is 11.7. The average Bonchev–Trinajstić information content (AvgIpc) is 2.69. The number of benzene rings is 1. The van der Waals surface area contributed by atoms with E-state index < -0.39 is 11.6 Å². The van der Waals surface area contributed by atoms with E-state index in [9.17, 15) is 9.59 Å². The number of carbonyl (C=O) groups excluding carboxylic acids is 1. The lowest BCUT2D eigenvalue weighted by Crippen LogP contribution is -2.13. The van der Waals surface area contributed by atoms with Crippen molar-refractivity contribution in [1.82, 2.24) is 0 Å². The highest BCUT2D eigenvalue weighted by Gasteiger charge is 2.20. The summed E-state index contributed by atoms with van der Waals surface area (Å²) in [5.41, 5.74) is -0.457. The van der Waals surface area contributed by atoms with Gasteiger partial charge < -0.3 is 18.6 Å². The highest BCUT2D eigenvalue weighted by molar-refractivity contribution is 5.87. The summed E-state index contributed by atoms with van der Waals surface area (Å²) in [6.07, 6.45) is 11.6. The van der Waals surface area contributed by atoms with Crippen LogP contribution in [0.2, 0.25) is 0 Å². The molecule has 156 valence electrons. The third-order valence-corrected chi connectivity index (χ3v) is 3.93. The van der Waals surface area contributed by atoms with Gasteiger partial charge in [0.2, 0.25) is 0 Å². The second-order valence-corrected chi connectivity index (χ2v) is 6.33. The van der Waals surface area contributed by atoms with Crippen molar-refractivity contribution in [3.8, 4) is 17.2 Å². The molecule has 0 aliphatic heterocycles.